The number of rotatable bonds is 3. The van der Waals surface area contributed by atoms with Crippen molar-refractivity contribution in [3.63, 3.8) is 0 Å². The fourth-order valence-corrected chi connectivity index (χ4v) is 2.91. The first-order chi connectivity index (χ1) is 11.1. The Bertz CT molecular complexity index is 822. The number of nitrogens with zero attached hydrogens (tertiary/aromatic N) is 2. The van der Waals surface area contributed by atoms with Crippen molar-refractivity contribution in [2.24, 2.45) is 0 Å². The minimum absolute atomic E-state index is 0.358. The monoisotopic (exact) mass is 314 g/mol. The van der Waals surface area contributed by atoms with Crippen LogP contribution in [0, 0.1) is 0 Å². The van der Waals surface area contributed by atoms with E-state index in [0.29, 0.717) is 23.6 Å². The number of benzene rings is 1. The molecule has 0 saturated heterocycles. The highest BCUT2D eigenvalue weighted by molar-refractivity contribution is 5.95. The van der Waals surface area contributed by atoms with E-state index in [-0.39, 0.29) is 6.03 Å². The van der Waals surface area contributed by atoms with Crippen molar-refractivity contribution in [2.45, 2.75) is 26.4 Å². The van der Waals surface area contributed by atoms with Crippen LogP contribution < -0.4 is 10.6 Å². The van der Waals surface area contributed by atoms with Crippen LogP contribution in [0.25, 0.3) is 11.0 Å². The number of ether oxygens (including phenoxy) is 1. The summed E-state index contributed by atoms with van der Waals surface area (Å²) in [5, 5.41) is 5.38. The normalized spacial score (nSPS) is 17.9. The van der Waals surface area contributed by atoms with Crippen molar-refractivity contribution in [1.82, 2.24) is 20.2 Å². The first-order valence-electron chi connectivity index (χ1n) is 7.38. The van der Waals surface area contributed by atoms with Gasteiger partial charge in [-0.05, 0) is 26.0 Å². The molecule has 7 nitrogen and oxygen atoms in total. The number of nitrogens with one attached hydrogen (secondary N) is 2. The summed E-state index contributed by atoms with van der Waals surface area (Å²) in [5.74, 6) is 0.123. The second kappa shape index (κ2) is 5.75. The van der Waals surface area contributed by atoms with Gasteiger partial charge in [-0.3, -0.25) is 0 Å². The lowest BCUT2D eigenvalue weighted by Gasteiger charge is -2.27. The minimum Gasteiger partial charge on any atom is -0.466 e. The van der Waals surface area contributed by atoms with Crippen LogP contribution in [0.2, 0.25) is 0 Å². The number of carbonyl (C=O) groups is 2. The lowest BCUT2D eigenvalue weighted by Crippen LogP contribution is -2.46. The maximum Gasteiger partial charge on any atom is 0.338 e. The number of hydrogen-bond donors (Lipinski definition) is 2. The summed E-state index contributed by atoms with van der Waals surface area (Å²) in [6, 6.07) is 6.69. The Kier molecular flexibility index (Phi) is 3.77. The van der Waals surface area contributed by atoms with Crippen LogP contribution in [-0.4, -0.2) is 28.7 Å². The Morgan fingerprint density at radius 3 is 2.83 bits per heavy atom. The van der Waals surface area contributed by atoms with Gasteiger partial charge in [-0.25, -0.2) is 14.6 Å². The van der Waals surface area contributed by atoms with E-state index >= 15 is 0 Å². The van der Waals surface area contributed by atoms with E-state index in [1.54, 1.807) is 6.92 Å². The van der Waals surface area contributed by atoms with Gasteiger partial charge in [0.1, 0.15) is 11.9 Å². The number of amides is 2. The number of methoxy groups -OCH3 is 1. The van der Waals surface area contributed by atoms with E-state index in [2.05, 4.69) is 15.6 Å². The standard InChI is InChI=1S/C16H18N4O3/c1-4-20-11-8-6-5-7-10(11)18-14(20)13-12(15(21)23-3)9(2)17-16(22)19-13/h5-8,13H,4H2,1-3H3,(H2,17,19,22). The van der Waals surface area contributed by atoms with Crippen molar-refractivity contribution in [1.29, 1.82) is 0 Å². The molecule has 120 valence electrons. The molecule has 1 aliphatic rings. The molecule has 1 atom stereocenters. The smallest absolute Gasteiger partial charge is 0.338 e. The third-order valence-corrected chi connectivity index (χ3v) is 3.93. The molecule has 7 heteroatoms. The van der Waals surface area contributed by atoms with Crippen LogP contribution in [-0.2, 0) is 16.1 Å². The molecule has 1 aromatic heterocycles. The maximum absolute atomic E-state index is 12.2. The highest BCUT2D eigenvalue weighted by Gasteiger charge is 2.35. The highest BCUT2D eigenvalue weighted by Crippen LogP contribution is 2.29. The van der Waals surface area contributed by atoms with Gasteiger partial charge in [0.15, 0.2) is 0 Å². The number of hydrogen-bond acceptors (Lipinski definition) is 4. The van der Waals surface area contributed by atoms with E-state index in [1.807, 2.05) is 35.8 Å². The molecule has 2 aromatic rings. The van der Waals surface area contributed by atoms with Gasteiger partial charge in [-0.2, -0.15) is 0 Å². The molecule has 1 aromatic carbocycles. The number of urea groups is 1. The summed E-state index contributed by atoms with van der Waals surface area (Å²) < 4.78 is 6.86. The van der Waals surface area contributed by atoms with Crippen molar-refractivity contribution >= 4 is 23.0 Å². The average Bonchev–Trinajstić information content (AvgIpc) is 2.91. The molecule has 0 spiro atoms. The molecule has 2 heterocycles. The van der Waals surface area contributed by atoms with Crippen LogP contribution in [0.1, 0.15) is 25.7 Å². The zero-order valence-corrected chi connectivity index (χ0v) is 13.2. The molecular formula is C16H18N4O3. The first kappa shape index (κ1) is 15.1. The number of imidazole rings is 1. The molecule has 0 radical (unpaired) electrons. The fraction of sp³-hybridized carbons (Fsp3) is 0.312. The molecule has 0 aliphatic carbocycles. The topological polar surface area (TPSA) is 85.2 Å². The number of para-hydroxylation sites is 2. The quantitative estimate of drug-likeness (QED) is 0.847. The van der Waals surface area contributed by atoms with Gasteiger partial charge >= 0.3 is 12.0 Å². The molecule has 23 heavy (non-hydrogen) atoms. The number of aryl methyl sites for hydroxylation is 1. The SMILES string of the molecule is CCn1c(C2NC(=O)NC(C)=C2C(=O)OC)nc2ccccc21. The molecular weight excluding hydrogens is 296 g/mol. The van der Waals surface area contributed by atoms with Crippen LogP contribution >= 0.6 is 0 Å². The summed E-state index contributed by atoms with van der Waals surface area (Å²) in [4.78, 5) is 28.7. The van der Waals surface area contributed by atoms with Crippen molar-refractivity contribution < 1.29 is 14.3 Å². The third kappa shape index (κ3) is 2.44. The van der Waals surface area contributed by atoms with Gasteiger partial charge in [0, 0.05) is 12.2 Å². The zero-order chi connectivity index (χ0) is 16.6. The Labute approximate surface area is 133 Å². The van der Waals surface area contributed by atoms with Crippen LogP contribution in [0.15, 0.2) is 35.5 Å². The number of aromatic nitrogens is 2. The molecule has 3 rings (SSSR count). The molecule has 1 unspecified atom stereocenters. The van der Waals surface area contributed by atoms with Crippen molar-refractivity contribution in [2.75, 3.05) is 7.11 Å². The molecule has 1 aliphatic heterocycles. The van der Waals surface area contributed by atoms with E-state index in [1.165, 1.54) is 7.11 Å². The van der Waals surface area contributed by atoms with Crippen LogP contribution in [0.5, 0.6) is 0 Å². The molecule has 2 N–H and O–H groups in total. The minimum atomic E-state index is -0.649. The molecule has 0 bridgehead atoms. The van der Waals surface area contributed by atoms with E-state index in [9.17, 15) is 9.59 Å². The predicted octanol–water partition coefficient (Wildman–Crippen LogP) is 1.86. The van der Waals surface area contributed by atoms with Gasteiger partial charge in [-0.15, -0.1) is 0 Å². The second-order valence-electron chi connectivity index (χ2n) is 5.26. The second-order valence-corrected chi connectivity index (χ2v) is 5.26. The third-order valence-electron chi connectivity index (χ3n) is 3.93. The Morgan fingerprint density at radius 2 is 2.13 bits per heavy atom. The van der Waals surface area contributed by atoms with Gasteiger partial charge in [-0.1, -0.05) is 12.1 Å². The largest absolute Gasteiger partial charge is 0.466 e. The number of esters is 1. The molecule has 2 amide bonds. The van der Waals surface area contributed by atoms with Crippen molar-refractivity contribution in [3.05, 3.63) is 41.4 Å². The maximum atomic E-state index is 12.2. The number of allylic oxidation sites excluding steroid dienone is 1. The predicted molar refractivity (Wildman–Crippen MR) is 84.5 cm³/mol. The molecule has 0 fully saturated rings. The van der Waals surface area contributed by atoms with Gasteiger partial charge in [0.05, 0.1) is 23.7 Å². The van der Waals surface area contributed by atoms with E-state index in [0.717, 1.165) is 11.0 Å². The summed E-state index contributed by atoms with van der Waals surface area (Å²) in [5.41, 5.74) is 2.61. The Morgan fingerprint density at radius 1 is 1.39 bits per heavy atom. The highest BCUT2D eigenvalue weighted by atomic mass is 16.5. The van der Waals surface area contributed by atoms with E-state index < -0.39 is 12.0 Å². The summed E-state index contributed by atoms with van der Waals surface area (Å²) >= 11 is 0. The Balaban J connectivity index is 2.21. The van der Waals surface area contributed by atoms with Gasteiger partial charge in [0.25, 0.3) is 0 Å². The summed E-state index contributed by atoms with van der Waals surface area (Å²) in [7, 11) is 1.32. The lowest BCUT2D eigenvalue weighted by molar-refractivity contribution is -0.136. The fourth-order valence-electron chi connectivity index (χ4n) is 2.91. The molecule has 0 saturated carbocycles. The van der Waals surface area contributed by atoms with Crippen LogP contribution in [0.3, 0.4) is 0 Å². The van der Waals surface area contributed by atoms with Gasteiger partial charge < -0.3 is 19.9 Å². The van der Waals surface area contributed by atoms with E-state index in [4.69, 9.17) is 4.74 Å². The summed E-state index contributed by atoms with van der Waals surface area (Å²) in [6.45, 7) is 4.34. The van der Waals surface area contributed by atoms with Crippen molar-refractivity contribution in [3.8, 4) is 0 Å². The lowest BCUT2D eigenvalue weighted by atomic mass is 10.0. The first-order valence-corrected chi connectivity index (χ1v) is 7.38. The zero-order valence-electron chi connectivity index (χ0n) is 13.2. The van der Waals surface area contributed by atoms with Gasteiger partial charge in [0.2, 0.25) is 0 Å². The Hall–Kier alpha value is -2.83. The number of carbonyl (C=O) groups excluding carboxylic acids is 2. The summed E-state index contributed by atoms with van der Waals surface area (Å²) in [6.07, 6.45) is 0. The van der Waals surface area contributed by atoms with Crippen LogP contribution in [0.4, 0.5) is 4.79 Å². The number of fused-ring (bicyclic) bond motifs is 1. The average molecular weight is 314 g/mol.